The molecule has 24 heavy (non-hydrogen) atoms. The van der Waals surface area contributed by atoms with Gasteiger partial charge in [-0.3, -0.25) is 14.8 Å². The second-order valence-corrected chi connectivity index (χ2v) is 7.74. The number of fused-ring (bicyclic) bond motifs is 4. The van der Waals surface area contributed by atoms with Crippen LogP contribution in [-0.2, 0) is 12.7 Å². The van der Waals surface area contributed by atoms with Crippen LogP contribution in [0.3, 0.4) is 0 Å². The SMILES string of the molecule is FC(F)(F)c1ccc(CN2C[C@@H]3CC[C@H](C2)N(CC2CC2)C3)cn1. The number of piperidine rings is 1. The normalized spacial score (nSPS) is 29.0. The third kappa shape index (κ3) is 3.75. The van der Waals surface area contributed by atoms with Gasteiger partial charge >= 0.3 is 6.18 Å². The summed E-state index contributed by atoms with van der Waals surface area (Å²) in [6.45, 7) is 5.23. The molecule has 4 aliphatic rings. The van der Waals surface area contributed by atoms with Crippen molar-refractivity contribution < 1.29 is 13.2 Å². The van der Waals surface area contributed by atoms with Crippen LogP contribution >= 0.6 is 0 Å². The molecule has 4 heterocycles. The first-order valence-corrected chi connectivity index (χ1v) is 8.96. The zero-order valence-corrected chi connectivity index (χ0v) is 13.8. The number of rotatable bonds is 4. The molecule has 1 aliphatic carbocycles. The molecule has 0 unspecified atom stereocenters. The van der Waals surface area contributed by atoms with Gasteiger partial charge < -0.3 is 0 Å². The van der Waals surface area contributed by atoms with E-state index in [9.17, 15) is 13.2 Å². The third-order valence-electron chi connectivity index (χ3n) is 5.61. The molecule has 0 spiro atoms. The average Bonchev–Trinajstić information content (AvgIpc) is 3.35. The molecule has 6 heteroatoms. The number of hydrogen-bond donors (Lipinski definition) is 0. The lowest BCUT2D eigenvalue weighted by atomic mass is 9.95. The van der Waals surface area contributed by atoms with E-state index >= 15 is 0 Å². The Morgan fingerprint density at radius 3 is 2.54 bits per heavy atom. The summed E-state index contributed by atoms with van der Waals surface area (Å²) in [6, 6.07) is 3.29. The highest BCUT2D eigenvalue weighted by molar-refractivity contribution is 5.16. The maximum absolute atomic E-state index is 12.6. The number of alkyl halides is 3. The van der Waals surface area contributed by atoms with Crippen LogP contribution in [0.5, 0.6) is 0 Å². The minimum Gasteiger partial charge on any atom is -0.299 e. The van der Waals surface area contributed by atoms with Crippen molar-refractivity contribution in [1.82, 2.24) is 14.8 Å². The van der Waals surface area contributed by atoms with E-state index in [4.69, 9.17) is 0 Å². The largest absolute Gasteiger partial charge is 0.433 e. The lowest BCUT2D eigenvalue weighted by Crippen LogP contribution is -2.44. The Balaban J connectivity index is 1.40. The predicted octanol–water partition coefficient (Wildman–Crippen LogP) is 3.41. The summed E-state index contributed by atoms with van der Waals surface area (Å²) in [4.78, 5) is 8.69. The van der Waals surface area contributed by atoms with E-state index < -0.39 is 11.9 Å². The van der Waals surface area contributed by atoms with Crippen molar-refractivity contribution >= 4 is 0 Å². The molecule has 3 nitrogen and oxygen atoms in total. The quantitative estimate of drug-likeness (QED) is 0.838. The lowest BCUT2D eigenvalue weighted by Gasteiger charge is -2.36. The van der Waals surface area contributed by atoms with Gasteiger partial charge in [-0.05, 0) is 49.1 Å². The molecule has 1 aromatic rings. The zero-order valence-electron chi connectivity index (χ0n) is 13.8. The van der Waals surface area contributed by atoms with E-state index in [0.29, 0.717) is 18.5 Å². The average molecular weight is 339 g/mol. The van der Waals surface area contributed by atoms with Gasteiger partial charge in [-0.2, -0.15) is 13.2 Å². The van der Waals surface area contributed by atoms with Gasteiger partial charge in [0.15, 0.2) is 0 Å². The van der Waals surface area contributed by atoms with Crippen molar-refractivity contribution in [2.24, 2.45) is 11.8 Å². The summed E-state index contributed by atoms with van der Waals surface area (Å²) in [5.41, 5.74) is 0.0656. The summed E-state index contributed by atoms with van der Waals surface area (Å²) in [6.07, 6.45) is 2.34. The summed E-state index contributed by atoms with van der Waals surface area (Å²) in [5, 5.41) is 0. The molecule has 0 N–H and O–H groups in total. The molecule has 2 atom stereocenters. The molecule has 0 amide bonds. The van der Waals surface area contributed by atoms with Crippen molar-refractivity contribution in [1.29, 1.82) is 0 Å². The Bertz CT molecular complexity index is 568. The topological polar surface area (TPSA) is 19.4 Å². The van der Waals surface area contributed by atoms with Gasteiger partial charge in [0.25, 0.3) is 0 Å². The molecular weight excluding hydrogens is 315 g/mol. The van der Waals surface area contributed by atoms with Crippen molar-refractivity contribution in [3.8, 4) is 0 Å². The van der Waals surface area contributed by atoms with Crippen LogP contribution in [0, 0.1) is 11.8 Å². The van der Waals surface area contributed by atoms with Crippen molar-refractivity contribution in [2.45, 2.75) is 44.4 Å². The minimum absolute atomic E-state index is 0.617. The second kappa shape index (κ2) is 6.30. The highest BCUT2D eigenvalue weighted by Crippen LogP contribution is 2.35. The molecular formula is C18H24F3N3. The minimum atomic E-state index is -4.36. The van der Waals surface area contributed by atoms with Gasteiger partial charge in [-0.25, -0.2) is 0 Å². The Kier molecular flexibility index (Phi) is 4.29. The predicted molar refractivity (Wildman–Crippen MR) is 85.3 cm³/mol. The lowest BCUT2D eigenvalue weighted by molar-refractivity contribution is -0.141. The summed E-state index contributed by atoms with van der Waals surface area (Å²) < 4.78 is 37.8. The van der Waals surface area contributed by atoms with Crippen LogP contribution in [0.1, 0.15) is 36.9 Å². The maximum atomic E-state index is 12.6. The van der Waals surface area contributed by atoms with E-state index in [0.717, 1.165) is 30.6 Å². The standard InChI is InChI=1S/C18H24F3N3/c19-18(20,21)17-6-4-14(7-22-17)8-23-9-15-3-5-16(12-23)24(11-15)10-13-1-2-13/h4,6-7,13,15-16H,1-3,5,8-12H2/t15-,16+/m0/s1. The molecule has 3 aliphatic heterocycles. The van der Waals surface area contributed by atoms with E-state index in [1.54, 1.807) is 6.07 Å². The van der Waals surface area contributed by atoms with Gasteiger partial charge in [0, 0.05) is 45.0 Å². The smallest absolute Gasteiger partial charge is 0.299 e. The maximum Gasteiger partial charge on any atom is 0.433 e. The molecule has 5 rings (SSSR count). The molecule has 2 bridgehead atoms. The Morgan fingerprint density at radius 2 is 1.88 bits per heavy atom. The van der Waals surface area contributed by atoms with E-state index in [1.165, 1.54) is 45.0 Å². The van der Waals surface area contributed by atoms with Crippen LogP contribution in [0.2, 0.25) is 0 Å². The summed E-state index contributed by atoms with van der Waals surface area (Å²) in [5.74, 6) is 1.61. The zero-order chi connectivity index (χ0) is 16.7. The first kappa shape index (κ1) is 16.3. The van der Waals surface area contributed by atoms with Crippen LogP contribution in [0.4, 0.5) is 13.2 Å². The van der Waals surface area contributed by atoms with Gasteiger partial charge in [0.1, 0.15) is 5.69 Å². The Hall–Kier alpha value is -1.14. The first-order chi connectivity index (χ1) is 11.5. The van der Waals surface area contributed by atoms with Gasteiger partial charge in [0.05, 0.1) is 0 Å². The molecule has 1 aromatic heterocycles. The fourth-order valence-electron chi connectivity index (χ4n) is 4.20. The van der Waals surface area contributed by atoms with Gasteiger partial charge in [0.2, 0.25) is 0 Å². The van der Waals surface area contributed by atoms with E-state index in [1.807, 2.05) is 0 Å². The monoisotopic (exact) mass is 339 g/mol. The van der Waals surface area contributed by atoms with Gasteiger partial charge in [-0.15, -0.1) is 0 Å². The molecule has 132 valence electrons. The molecule has 0 aromatic carbocycles. The molecule has 0 radical (unpaired) electrons. The van der Waals surface area contributed by atoms with Crippen LogP contribution in [-0.4, -0.2) is 47.0 Å². The second-order valence-electron chi connectivity index (χ2n) is 7.74. The molecule has 3 saturated heterocycles. The van der Waals surface area contributed by atoms with Crippen molar-refractivity contribution in [2.75, 3.05) is 26.2 Å². The van der Waals surface area contributed by atoms with E-state index in [2.05, 4.69) is 14.8 Å². The summed E-state index contributed by atoms with van der Waals surface area (Å²) >= 11 is 0. The highest BCUT2D eigenvalue weighted by atomic mass is 19.4. The van der Waals surface area contributed by atoms with Crippen LogP contribution < -0.4 is 0 Å². The van der Waals surface area contributed by atoms with Gasteiger partial charge in [-0.1, -0.05) is 6.07 Å². The first-order valence-electron chi connectivity index (χ1n) is 8.96. The number of pyridine rings is 1. The third-order valence-corrected chi connectivity index (χ3v) is 5.61. The van der Waals surface area contributed by atoms with Crippen molar-refractivity contribution in [3.63, 3.8) is 0 Å². The number of nitrogens with zero attached hydrogens (tertiary/aromatic N) is 3. The molecule has 1 saturated carbocycles. The highest BCUT2D eigenvalue weighted by Gasteiger charge is 2.37. The number of aromatic nitrogens is 1. The summed E-state index contributed by atoms with van der Waals surface area (Å²) in [7, 11) is 0. The van der Waals surface area contributed by atoms with Crippen LogP contribution in [0.25, 0.3) is 0 Å². The number of halogens is 3. The van der Waals surface area contributed by atoms with Crippen molar-refractivity contribution in [3.05, 3.63) is 29.6 Å². The molecule has 4 fully saturated rings. The fraction of sp³-hybridized carbons (Fsp3) is 0.722. The Labute approximate surface area is 140 Å². The Morgan fingerprint density at radius 1 is 1.04 bits per heavy atom. The van der Waals surface area contributed by atoms with Crippen LogP contribution in [0.15, 0.2) is 18.3 Å². The fourth-order valence-corrected chi connectivity index (χ4v) is 4.20. The number of hydrogen-bond acceptors (Lipinski definition) is 3. The van der Waals surface area contributed by atoms with E-state index in [-0.39, 0.29) is 0 Å².